The van der Waals surface area contributed by atoms with Crippen LogP contribution in [0, 0.1) is 6.92 Å². The van der Waals surface area contributed by atoms with Crippen molar-refractivity contribution in [2.75, 3.05) is 20.1 Å². The third kappa shape index (κ3) is 7.86. The Labute approximate surface area is 71.8 Å². The first kappa shape index (κ1) is 11.0. The maximum absolute atomic E-state index is 3.83. The lowest BCUT2D eigenvalue weighted by Gasteiger charge is -2.12. The molecular formula is C10H22N. The molecule has 0 heterocycles. The molecule has 1 radical (unpaired) electrons. The Morgan fingerprint density at radius 2 is 1.73 bits per heavy atom. The van der Waals surface area contributed by atoms with Gasteiger partial charge in [-0.3, -0.25) is 0 Å². The largest absolute Gasteiger partial charge is 0.306 e. The fourth-order valence-corrected chi connectivity index (χ4v) is 1.10. The van der Waals surface area contributed by atoms with Crippen LogP contribution < -0.4 is 0 Å². The van der Waals surface area contributed by atoms with Gasteiger partial charge in [-0.25, -0.2) is 0 Å². The summed E-state index contributed by atoms with van der Waals surface area (Å²) >= 11 is 0. The average molecular weight is 156 g/mol. The fraction of sp³-hybridized carbons (Fsp3) is 0.900. The van der Waals surface area contributed by atoms with E-state index in [9.17, 15) is 0 Å². The molecule has 0 aliphatic rings. The number of unbranched alkanes of at least 4 members (excludes halogenated alkanes) is 4. The Bertz CT molecular complexity index is 71.3. The molecule has 0 amide bonds. The normalized spacial score (nSPS) is 10.9. The summed E-state index contributed by atoms with van der Waals surface area (Å²) < 4.78 is 0. The highest BCUT2D eigenvalue weighted by atomic mass is 15.1. The topological polar surface area (TPSA) is 3.24 Å². The van der Waals surface area contributed by atoms with E-state index < -0.39 is 0 Å². The van der Waals surface area contributed by atoms with Crippen LogP contribution in [0.25, 0.3) is 0 Å². The Kier molecular flexibility index (Phi) is 8.03. The molecular weight excluding hydrogens is 134 g/mol. The van der Waals surface area contributed by atoms with Crippen molar-refractivity contribution in [3.05, 3.63) is 6.92 Å². The molecule has 1 heteroatoms. The number of nitrogens with zero attached hydrogens (tertiary/aromatic N) is 1. The highest BCUT2D eigenvalue weighted by Crippen LogP contribution is 2.02. The molecule has 0 fully saturated rings. The summed E-state index contributed by atoms with van der Waals surface area (Å²) in [6, 6.07) is 0. The van der Waals surface area contributed by atoms with Crippen LogP contribution in [0.2, 0.25) is 0 Å². The van der Waals surface area contributed by atoms with Crippen LogP contribution in [-0.2, 0) is 0 Å². The third-order valence-electron chi connectivity index (χ3n) is 2.03. The van der Waals surface area contributed by atoms with Gasteiger partial charge >= 0.3 is 0 Å². The Balaban J connectivity index is 2.89. The molecule has 0 aliphatic carbocycles. The van der Waals surface area contributed by atoms with Gasteiger partial charge in [0.15, 0.2) is 0 Å². The van der Waals surface area contributed by atoms with Gasteiger partial charge in [-0.2, -0.15) is 0 Å². The van der Waals surface area contributed by atoms with E-state index in [4.69, 9.17) is 0 Å². The van der Waals surface area contributed by atoms with E-state index in [1.165, 1.54) is 38.6 Å². The smallest absolute Gasteiger partial charge is 0.00213 e. The molecule has 0 saturated carbocycles. The van der Waals surface area contributed by atoms with Crippen LogP contribution in [0.15, 0.2) is 0 Å². The standard InChI is InChI=1S/C10H22N/c1-4-6-7-8-9-10-11(3)5-2/h2,4-10H2,1,3H3. The number of hydrogen-bond acceptors (Lipinski definition) is 1. The van der Waals surface area contributed by atoms with Gasteiger partial charge in [0.1, 0.15) is 0 Å². The molecule has 11 heavy (non-hydrogen) atoms. The summed E-state index contributed by atoms with van der Waals surface area (Å²) in [5, 5.41) is 0. The van der Waals surface area contributed by atoms with Gasteiger partial charge < -0.3 is 4.90 Å². The van der Waals surface area contributed by atoms with Crippen LogP contribution >= 0.6 is 0 Å². The van der Waals surface area contributed by atoms with Gasteiger partial charge in [-0.1, -0.05) is 32.6 Å². The quantitative estimate of drug-likeness (QED) is 0.512. The van der Waals surface area contributed by atoms with Gasteiger partial charge in [0, 0.05) is 0 Å². The highest BCUT2D eigenvalue weighted by Gasteiger charge is 1.93. The van der Waals surface area contributed by atoms with Crippen molar-refractivity contribution in [1.29, 1.82) is 0 Å². The first-order valence-electron chi connectivity index (χ1n) is 4.79. The van der Waals surface area contributed by atoms with Gasteiger partial charge in [-0.05, 0) is 33.5 Å². The Hall–Kier alpha value is -0.0400. The molecule has 0 bridgehead atoms. The average Bonchev–Trinajstić information content (AvgIpc) is 2.04. The van der Waals surface area contributed by atoms with Crippen molar-refractivity contribution >= 4 is 0 Å². The summed E-state index contributed by atoms with van der Waals surface area (Å²) in [6.45, 7) is 8.23. The third-order valence-corrected chi connectivity index (χ3v) is 2.03. The van der Waals surface area contributed by atoms with E-state index in [0.29, 0.717) is 0 Å². The zero-order valence-corrected chi connectivity index (χ0v) is 8.10. The molecule has 0 aliphatic heterocycles. The lowest BCUT2D eigenvalue weighted by atomic mass is 10.1. The summed E-state index contributed by atoms with van der Waals surface area (Å²) in [5.41, 5.74) is 0. The maximum atomic E-state index is 3.83. The summed E-state index contributed by atoms with van der Waals surface area (Å²) in [5.74, 6) is 0. The fourth-order valence-electron chi connectivity index (χ4n) is 1.10. The second-order valence-electron chi connectivity index (χ2n) is 3.22. The minimum atomic E-state index is 0.938. The second kappa shape index (κ2) is 8.06. The van der Waals surface area contributed by atoms with Crippen molar-refractivity contribution in [2.24, 2.45) is 0 Å². The molecule has 0 unspecified atom stereocenters. The van der Waals surface area contributed by atoms with Crippen molar-refractivity contribution in [3.8, 4) is 0 Å². The second-order valence-corrected chi connectivity index (χ2v) is 3.22. The van der Waals surface area contributed by atoms with Crippen molar-refractivity contribution < 1.29 is 0 Å². The molecule has 1 nitrogen and oxygen atoms in total. The molecule has 0 aromatic heterocycles. The van der Waals surface area contributed by atoms with Crippen LogP contribution in [0.3, 0.4) is 0 Å². The van der Waals surface area contributed by atoms with Crippen molar-refractivity contribution in [1.82, 2.24) is 4.90 Å². The summed E-state index contributed by atoms with van der Waals surface area (Å²) in [7, 11) is 2.13. The summed E-state index contributed by atoms with van der Waals surface area (Å²) in [4.78, 5) is 2.27. The van der Waals surface area contributed by atoms with Gasteiger partial charge in [0.25, 0.3) is 0 Å². The Morgan fingerprint density at radius 1 is 1.09 bits per heavy atom. The predicted molar refractivity (Wildman–Crippen MR) is 51.6 cm³/mol. The molecule has 67 valence electrons. The highest BCUT2D eigenvalue weighted by molar-refractivity contribution is 4.52. The lowest BCUT2D eigenvalue weighted by Crippen LogP contribution is -2.18. The SMILES string of the molecule is [CH2]CN(C)CCCCCCC. The maximum Gasteiger partial charge on any atom is -0.00213 e. The molecule has 0 rings (SSSR count). The van der Waals surface area contributed by atoms with Gasteiger partial charge in [0.05, 0.1) is 0 Å². The van der Waals surface area contributed by atoms with Crippen LogP contribution in [0.1, 0.15) is 39.0 Å². The molecule has 0 aromatic carbocycles. The van der Waals surface area contributed by atoms with Crippen LogP contribution in [0.4, 0.5) is 0 Å². The first-order chi connectivity index (χ1) is 5.31. The van der Waals surface area contributed by atoms with E-state index in [2.05, 4.69) is 25.8 Å². The Morgan fingerprint density at radius 3 is 2.27 bits per heavy atom. The van der Waals surface area contributed by atoms with Crippen LogP contribution in [-0.4, -0.2) is 25.0 Å². The number of hydrogen-bond donors (Lipinski definition) is 0. The van der Waals surface area contributed by atoms with Gasteiger partial charge in [-0.15, -0.1) is 0 Å². The molecule has 0 aromatic rings. The van der Waals surface area contributed by atoms with E-state index in [-0.39, 0.29) is 0 Å². The zero-order valence-electron chi connectivity index (χ0n) is 8.10. The van der Waals surface area contributed by atoms with Crippen molar-refractivity contribution in [3.63, 3.8) is 0 Å². The van der Waals surface area contributed by atoms with E-state index in [0.717, 1.165) is 6.54 Å². The summed E-state index contributed by atoms with van der Waals surface area (Å²) in [6.07, 6.45) is 6.87. The lowest BCUT2D eigenvalue weighted by molar-refractivity contribution is 0.355. The first-order valence-corrected chi connectivity index (χ1v) is 4.79. The van der Waals surface area contributed by atoms with E-state index in [1.54, 1.807) is 0 Å². The van der Waals surface area contributed by atoms with Gasteiger partial charge in [0.2, 0.25) is 0 Å². The monoisotopic (exact) mass is 156 g/mol. The molecule has 0 atom stereocenters. The van der Waals surface area contributed by atoms with Crippen molar-refractivity contribution in [2.45, 2.75) is 39.0 Å². The minimum Gasteiger partial charge on any atom is -0.306 e. The molecule has 0 N–H and O–H groups in total. The minimum absolute atomic E-state index is 0.938. The predicted octanol–water partition coefficient (Wildman–Crippen LogP) is 2.72. The number of rotatable bonds is 7. The van der Waals surface area contributed by atoms with E-state index >= 15 is 0 Å². The molecule has 0 saturated heterocycles. The van der Waals surface area contributed by atoms with E-state index in [1.807, 2.05) is 0 Å². The van der Waals surface area contributed by atoms with Crippen LogP contribution in [0.5, 0.6) is 0 Å². The molecule has 0 spiro atoms. The zero-order chi connectivity index (χ0) is 8.53.